The van der Waals surface area contributed by atoms with Crippen molar-refractivity contribution in [2.24, 2.45) is 5.92 Å². The van der Waals surface area contributed by atoms with Crippen LogP contribution in [0.2, 0.25) is 0 Å². The lowest BCUT2D eigenvalue weighted by atomic mass is 9.75. The van der Waals surface area contributed by atoms with Gasteiger partial charge >= 0.3 is 6.18 Å². The number of hydrogen-bond acceptors (Lipinski definition) is 3. The summed E-state index contributed by atoms with van der Waals surface area (Å²) in [6, 6.07) is 2.11. The number of nitrogens with one attached hydrogen (secondary N) is 1. The molecule has 0 amide bonds. The molecule has 1 aromatic heterocycles. The molecule has 0 aromatic carbocycles. The molecule has 21 heavy (non-hydrogen) atoms. The number of piperidine rings is 2. The highest BCUT2D eigenvalue weighted by Crippen LogP contribution is 2.36. The lowest BCUT2D eigenvalue weighted by Gasteiger charge is -2.46. The van der Waals surface area contributed by atoms with Gasteiger partial charge in [0.2, 0.25) is 5.88 Å². The molecule has 3 nitrogen and oxygen atoms in total. The summed E-state index contributed by atoms with van der Waals surface area (Å²) in [5.41, 5.74) is -0.796. The SMILES string of the molecule is FC[C@H]1N[C@H]2CC[C@@H]1C[C@H]2Oc1ccc(C(F)(F)F)cn1. The number of alkyl halides is 4. The van der Waals surface area contributed by atoms with E-state index >= 15 is 0 Å². The Balaban J connectivity index is 1.65. The maximum Gasteiger partial charge on any atom is 0.417 e. The fraction of sp³-hybridized carbons (Fsp3) is 0.643. The predicted molar refractivity (Wildman–Crippen MR) is 67.7 cm³/mol. The van der Waals surface area contributed by atoms with Crippen molar-refractivity contribution in [3.63, 3.8) is 0 Å². The Hall–Kier alpha value is -1.37. The molecule has 4 rings (SSSR count). The van der Waals surface area contributed by atoms with Crippen LogP contribution >= 0.6 is 0 Å². The summed E-state index contributed by atoms with van der Waals surface area (Å²) in [5.74, 6) is 0.401. The van der Waals surface area contributed by atoms with Crippen molar-refractivity contribution in [1.82, 2.24) is 10.3 Å². The molecule has 3 fully saturated rings. The van der Waals surface area contributed by atoms with Crippen molar-refractivity contribution < 1.29 is 22.3 Å². The molecule has 116 valence electrons. The first kappa shape index (κ1) is 14.6. The average molecular weight is 304 g/mol. The van der Waals surface area contributed by atoms with Crippen molar-refractivity contribution in [2.75, 3.05) is 6.67 Å². The molecule has 1 aliphatic carbocycles. The third kappa shape index (κ3) is 2.97. The largest absolute Gasteiger partial charge is 0.473 e. The maximum atomic E-state index is 12.8. The number of ether oxygens (including phenoxy) is 1. The first-order valence-corrected chi connectivity index (χ1v) is 6.99. The summed E-state index contributed by atoms with van der Waals surface area (Å²) in [6.07, 6.45) is -1.20. The van der Waals surface area contributed by atoms with E-state index in [9.17, 15) is 17.6 Å². The van der Waals surface area contributed by atoms with E-state index in [2.05, 4.69) is 10.3 Å². The van der Waals surface area contributed by atoms with Crippen LogP contribution in [0, 0.1) is 5.92 Å². The molecule has 3 heterocycles. The third-order valence-corrected chi connectivity index (χ3v) is 4.33. The summed E-state index contributed by atoms with van der Waals surface area (Å²) < 4.78 is 55.9. The standard InChI is InChI=1S/C14H16F4N2O/c15-6-11-8-1-3-10(20-11)12(5-8)21-13-4-2-9(7-19-13)14(16,17)18/h2,4,7-8,10-12,20H,1,3,5-6H2/t8-,10+,11-,12-/m1/s1. The number of rotatable bonds is 3. The molecule has 3 aliphatic rings. The van der Waals surface area contributed by atoms with Crippen LogP contribution in [0.25, 0.3) is 0 Å². The summed E-state index contributed by atoms with van der Waals surface area (Å²) in [5, 5.41) is 3.20. The Labute approximate surface area is 119 Å². The maximum absolute atomic E-state index is 12.8. The van der Waals surface area contributed by atoms with Crippen LogP contribution < -0.4 is 10.1 Å². The van der Waals surface area contributed by atoms with Gasteiger partial charge in [0.25, 0.3) is 0 Å². The molecule has 0 radical (unpaired) electrons. The van der Waals surface area contributed by atoms with Gasteiger partial charge in [-0.25, -0.2) is 9.37 Å². The fourth-order valence-electron chi connectivity index (χ4n) is 3.20. The number of nitrogens with zero attached hydrogens (tertiary/aromatic N) is 1. The van der Waals surface area contributed by atoms with E-state index in [4.69, 9.17) is 4.74 Å². The summed E-state index contributed by atoms with van der Waals surface area (Å²) >= 11 is 0. The zero-order valence-corrected chi connectivity index (χ0v) is 11.2. The molecular formula is C14H16F4N2O. The second kappa shape index (κ2) is 5.44. The Kier molecular flexibility index (Phi) is 3.77. The van der Waals surface area contributed by atoms with E-state index in [0.717, 1.165) is 31.5 Å². The second-order valence-corrected chi connectivity index (χ2v) is 5.65. The van der Waals surface area contributed by atoms with E-state index in [-0.39, 0.29) is 30.0 Å². The van der Waals surface area contributed by atoms with E-state index in [1.165, 1.54) is 6.07 Å². The Bertz CT molecular complexity index is 491. The fourth-order valence-corrected chi connectivity index (χ4v) is 3.20. The third-order valence-electron chi connectivity index (χ3n) is 4.33. The minimum Gasteiger partial charge on any atom is -0.473 e. The second-order valence-electron chi connectivity index (χ2n) is 5.65. The van der Waals surface area contributed by atoms with Gasteiger partial charge in [0, 0.05) is 24.3 Å². The topological polar surface area (TPSA) is 34.1 Å². The van der Waals surface area contributed by atoms with Crippen LogP contribution in [0.4, 0.5) is 17.6 Å². The lowest BCUT2D eigenvalue weighted by molar-refractivity contribution is -0.137. The van der Waals surface area contributed by atoms with Crippen LogP contribution in [0.15, 0.2) is 18.3 Å². The Morgan fingerprint density at radius 3 is 2.62 bits per heavy atom. The first-order valence-electron chi connectivity index (χ1n) is 6.99. The molecule has 1 saturated carbocycles. The van der Waals surface area contributed by atoms with Crippen molar-refractivity contribution in [3.8, 4) is 5.88 Å². The quantitative estimate of drug-likeness (QED) is 0.872. The van der Waals surface area contributed by atoms with Gasteiger partial charge in [0.15, 0.2) is 0 Å². The van der Waals surface area contributed by atoms with Gasteiger partial charge in [-0.05, 0) is 31.2 Å². The molecule has 0 spiro atoms. The van der Waals surface area contributed by atoms with Crippen LogP contribution in [0.5, 0.6) is 5.88 Å². The number of fused-ring (bicyclic) bond motifs is 3. The summed E-state index contributed by atoms with van der Waals surface area (Å²) in [4.78, 5) is 3.72. The highest BCUT2D eigenvalue weighted by atomic mass is 19.4. The summed E-state index contributed by atoms with van der Waals surface area (Å²) in [6.45, 7) is -0.396. The van der Waals surface area contributed by atoms with Gasteiger partial charge in [0.1, 0.15) is 12.8 Å². The van der Waals surface area contributed by atoms with Crippen LogP contribution in [-0.4, -0.2) is 29.8 Å². The zero-order valence-electron chi connectivity index (χ0n) is 11.2. The smallest absolute Gasteiger partial charge is 0.417 e. The first-order chi connectivity index (χ1) is 9.97. The van der Waals surface area contributed by atoms with Crippen LogP contribution in [0.1, 0.15) is 24.8 Å². The van der Waals surface area contributed by atoms with Crippen LogP contribution in [-0.2, 0) is 6.18 Å². The molecule has 2 saturated heterocycles. The Morgan fingerprint density at radius 1 is 1.29 bits per heavy atom. The van der Waals surface area contributed by atoms with Crippen molar-refractivity contribution in [1.29, 1.82) is 0 Å². The van der Waals surface area contributed by atoms with Gasteiger partial charge in [-0.1, -0.05) is 0 Å². The molecule has 7 heteroatoms. The normalized spacial score (nSPS) is 32.2. The van der Waals surface area contributed by atoms with E-state index in [1.54, 1.807) is 0 Å². The molecule has 1 N–H and O–H groups in total. The van der Waals surface area contributed by atoms with Crippen molar-refractivity contribution in [2.45, 2.75) is 43.6 Å². The minimum atomic E-state index is -4.40. The Morgan fingerprint density at radius 2 is 2.10 bits per heavy atom. The van der Waals surface area contributed by atoms with Gasteiger partial charge < -0.3 is 10.1 Å². The van der Waals surface area contributed by atoms with Crippen molar-refractivity contribution >= 4 is 0 Å². The number of pyridine rings is 1. The molecule has 0 unspecified atom stereocenters. The predicted octanol–water partition coefficient (Wildman–Crippen LogP) is 2.96. The van der Waals surface area contributed by atoms with Crippen LogP contribution in [0.3, 0.4) is 0 Å². The minimum absolute atomic E-state index is 0.0415. The van der Waals surface area contributed by atoms with Gasteiger partial charge in [-0.2, -0.15) is 13.2 Å². The van der Waals surface area contributed by atoms with Gasteiger partial charge in [0.05, 0.1) is 5.56 Å². The van der Waals surface area contributed by atoms with Crippen molar-refractivity contribution in [3.05, 3.63) is 23.9 Å². The molecule has 4 atom stereocenters. The molecular weight excluding hydrogens is 288 g/mol. The number of hydrogen-bond donors (Lipinski definition) is 1. The lowest BCUT2D eigenvalue weighted by Crippen LogP contribution is -2.61. The van der Waals surface area contributed by atoms with E-state index in [1.807, 2.05) is 0 Å². The molecule has 2 bridgehead atoms. The van der Waals surface area contributed by atoms with E-state index in [0.29, 0.717) is 0 Å². The number of aromatic nitrogens is 1. The molecule has 2 aliphatic heterocycles. The summed E-state index contributed by atoms with van der Waals surface area (Å²) in [7, 11) is 0. The monoisotopic (exact) mass is 304 g/mol. The highest BCUT2D eigenvalue weighted by molar-refractivity contribution is 5.20. The molecule has 1 aromatic rings. The van der Waals surface area contributed by atoms with Gasteiger partial charge in [-0.15, -0.1) is 0 Å². The average Bonchev–Trinajstić information content (AvgIpc) is 2.47. The zero-order chi connectivity index (χ0) is 15.0. The highest BCUT2D eigenvalue weighted by Gasteiger charge is 2.42. The number of halogens is 4. The van der Waals surface area contributed by atoms with Gasteiger partial charge in [-0.3, -0.25) is 0 Å². The van der Waals surface area contributed by atoms with E-state index < -0.39 is 18.4 Å².